The summed E-state index contributed by atoms with van der Waals surface area (Å²) in [6, 6.07) is 108. The molecule has 0 bridgehead atoms. The van der Waals surface area contributed by atoms with Crippen molar-refractivity contribution in [3.8, 4) is 78.7 Å². The zero-order valence-electron chi connectivity index (χ0n) is 41.6. The van der Waals surface area contributed by atoms with Gasteiger partial charge in [-0.2, -0.15) is 0 Å². The van der Waals surface area contributed by atoms with Crippen LogP contribution in [0.1, 0.15) is 0 Å². The maximum Gasteiger partial charge on any atom is 0.0620 e. The van der Waals surface area contributed by atoms with E-state index in [2.05, 4.69) is 300 Å². The number of rotatable bonds is 8. The van der Waals surface area contributed by atoms with Crippen LogP contribution in [0.15, 0.2) is 291 Å². The third kappa shape index (κ3) is 7.03. The molecule has 0 amide bonds. The molecule has 2 heterocycles. The zero-order valence-corrected chi connectivity index (χ0v) is 41.6. The van der Waals surface area contributed by atoms with Crippen LogP contribution in [0.4, 0.5) is 0 Å². The quantitative estimate of drug-likeness (QED) is 0.106. The Hall–Kier alpha value is -10.0. The highest BCUT2D eigenvalue weighted by molar-refractivity contribution is 6.20. The zero-order chi connectivity index (χ0) is 50.1. The summed E-state index contributed by atoms with van der Waals surface area (Å²) in [5.74, 6) is 0. The first-order chi connectivity index (χ1) is 37.7. The van der Waals surface area contributed by atoms with Gasteiger partial charge in [0.15, 0.2) is 0 Å². The SMILES string of the molecule is c1ccc(-c2ccc(-c3ccccc3)n2-c2c3ccc(-c4cc5ccccc5c5ccccc45)cc3c(-n3c(-c4ccccc4)ccc3-c3ccccc3)c3cc(-c4cc5ccccc5c5ccccc45)ccc23)cc1. The van der Waals surface area contributed by atoms with Crippen molar-refractivity contribution in [2.45, 2.75) is 0 Å². The molecule has 2 nitrogen and oxygen atoms in total. The van der Waals surface area contributed by atoms with Crippen molar-refractivity contribution >= 4 is 64.6 Å². The first-order valence-corrected chi connectivity index (χ1v) is 26.2. The Morgan fingerprint density at radius 1 is 0.171 bits per heavy atom. The molecule has 0 atom stereocenters. The summed E-state index contributed by atoms with van der Waals surface area (Å²) < 4.78 is 5.11. The second-order valence-electron chi connectivity index (χ2n) is 19.9. The van der Waals surface area contributed by atoms with Gasteiger partial charge >= 0.3 is 0 Å². The van der Waals surface area contributed by atoms with Crippen LogP contribution in [0.5, 0.6) is 0 Å². The molecule has 13 aromatic carbocycles. The van der Waals surface area contributed by atoms with E-state index in [-0.39, 0.29) is 0 Å². The number of benzene rings is 13. The molecule has 2 heteroatoms. The van der Waals surface area contributed by atoms with E-state index < -0.39 is 0 Å². The Balaban J connectivity index is 1.16. The van der Waals surface area contributed by atoms with Crippen molar-refractivity contribution in [2.75, 3.05) is 0 Å². The van der Waals surface area contributed by atoms with E-state index >= 15 is 0 Å². The Labute approximate surface area is 441 Å². The third-order valence-corrected chi connectivity index (χ3v) is 15.7. The molecule has 0 radical (unpaired) electrons. The highest BCUT2D eigenvalue weighted by atomic mass is 15.0. The van der Waals surface area contributed by atoms with Gasteiger partial charge in [-0.3, -0.25) is 0 Å². The number of hydrogen-bond acceptors (Lipinski definition) is 0. The predicted molar refractivity (Wildman–Crippen MR) is 323 cm³/mol. The van der Waals surface area contributed by atoms with E-state index in [0.29, 0.717) is 0 Å². The second kappa shape index (κ2) is 17.9. The molecule has 0 aliphatic rings. The van der Waals surface area contributed by atoms with Gasteiger partial charge in [-0.1, -0.05) is 243 Å². The molecule has 76 heavy (non-hydrogen) atoms. The largest absolute Gasteiger partial charge is 0.308 e. The van der Waals surface area contributed by atoms with Crippen molar-refractivity contribution in [1.82, 2.24) is 9.13 Å². The lowest BCUT2D eigenvalue weighted by Gasteiger charge is -2.25. The molecule has 354 valence electrons. The third-order valence-electron chi connectivity index (χ3n) is 15.7. The van der Waals surface area contributed by atoms with Crippen LogP contribution in [0.2, 0.25) is 0 Å². The number of nitrogens with zero attached hydrogens (tertiary/aromatic N) is 2. The summed E-state index contributed by atoms with van der Waals surface area (Å²) in [6.07, 6.45) is 0. The molecular formula is C74H48N2. The smallest absolute Gasteiger partial charge is 0.0620 e. The molecule has 0 N–H and O–H groups in total. The summed E-state index contributed by atoms with van der Waals surface area (Å²) in [4.78, 5) is 0. The van der Waals surface area contributed by atoms with Gasteiger partial charge in [0.05, 0.1) is 34.2 Å². The fraction of sp³-hybridized carbons (Fsp3) is 0. The minimum Gasteiger partial charge on any atom is -0.308 e. The lowest BCUT2D eigenvalue weighted by atomic mass is 9.88. The van der Waals surface area contributed by atoms with Crippen molar-refractivity contribution in [3.05, 3.63) is 291 Å². The Bertz CT molecular complexity index is 4420. The molecule has 0 saturated heterocycles. The summed E-state index contributed by atoms with van der Waals surface area (Å²) in [6.45, 7) is 0. The Morgan fingerprint density at radius 3 is 0.816 bits per heavy atom. The molecule has 0 spiro atoms. The van der Waals surface area contributed by atoms with E-state index in [0.717, 1.165) is 89.1 Å². The van der Waals surface area contributed by atoms with Crippen LogP contribution >= 0.6 is 0 Å². The van der Waals surface area contributed by atoms with Gasteiger partial charge in [-0.05, 0) is 136 Å². The summed E-state index contributed by atoms with van der Waals surface area (Å²) in [5, 5.41) is 14.5. The maximum absolute atomic E-state index is 2.57. The number of fused-ring (bicyclic) bond motifs is 8. The van der Waals surface area contributed by atoms with Crippen molar-refractivity contribution in [3.63, 3.8) is 0 Å². The average molecular weight is 965 g/mol. The Morgan fingerprint density at radius 2 is 0.461 bits per heavy atom. The predicted octanol–water partition coefficient (Wildman–Crippen LogP) is 20.2. The van der Waals surface area contributed by atoms with Gasteiger partial charge in [0.1, 0.15) is 0 Å². The van der Waals surface area contributed by atoms with Gasteiger partial charge in [-0.25, -0.2) is 0 Å². The normalized spacial score (nSPS) is 11.7. The van der Waals surface area contributed by atoms with Crippen LogP contribution in [0.3, 0.4) is 0 Å². The van der Waals surface area contributed by atoms with Gasteiger partial charge in [0.2, 0.25) is 0 Å². The van der Waals surface area contributed by atoms with Crippen LogP contribution in [-0.2, 0) is 0 Å². The van der Waals surface area contributed by atoms with Gasteiger partial charge in [0.25, 0.3) is 0 Å². The fourth-order valence-electron chi connectivity index (χ4n) is 12.3. The van der Waals surface area contributed by atoms with Crippen LogP contribution in [0.25, 0.3) is 143 Å². The summed E-state index contributed by atoms with van der Waals surface area (Å²) >= 11 is 0. The van der Waals surface area contributed by atoms with E-state index in [1.807, 2.05) is 0 Å². The van der Waals surface area contributed by atoms with Gasteiger partial charge < -0.3 is 9.13 Å². The average Bonchev–Trinajstić information content (AvgIpc) is 4.22. The molecular weight excluding hydrogens is 917 g/mol. The molecule has 15 aromatic rings. The van der Waals surface area contributed by atoms with E-state index in [9.17, 15) is 0 Å². The number of hydrogen-bond donors (Lipinski definition) is 0. The topological polar surface area (TPSA) is 9.86 Å². The molecule has 0 aliphatic heterocycles. The Kier molecular flexibility index (Phi) is 10.2. The first kappa shape index (κ1) is 43.6. The molecule has 0 fully saturated rings. The minimum absolute atomic E-state index is 1.12. The monoisotopic (exact) mass is 964 g/mol. The van der Waals surface area contributed by atoms with Crippen molar-refractivity contribution in [1.29, 1.82) is 0 Å². The molecule has 0 saturated carbocycles. The van der Waals surface area contributed by atoms with Gasteiger partial charge in [0, 0.05) is 21.5 Å². The minimum atomic E-state index is 1.12. The molecule has 0 aliphatic carbocycles. The van der Waals surface area contributed by atoms with Gasteiger partial charge in [-0.15, -0.1) is 0 Å². The lowest BCUT2D eigenvalue weighted by molar-refractivity contribution is 1.10. The van der Waals surface area contributed by atoms with Crippen molar-refractivity contribution < 1.29 is 0 Å². The van der Waals surface area contributed by atoms with Crippen LogP contribution < -0.4 is 0 Å². The number of aromatic nitrogens is 2. The van der Waals surface area contributed by atoms with E-state index in [1.165, 1.54) is 54.2 Å². The second-order valence-corrected chi connectivity index (χ2v) is 19.9. The lowest BCUT2D eigenvalue weighted by Crippen LogP contribution is -2.07. The van der Waals surface area contributed by atoms with Crippen LogP contribution in [-0.4, -0.2) is 9.13 Å². The summed E-state index contributed by atoms with van der Waals surface area (Å²) in [5.41, 5.74) is 16.1. The van der Waals surface area contributed by atoms with Crippen LogP contribution in [0, 0.1) is 0 Å². The fourth-order valence-corrected chi connectivity index (χ4v) is 12.3. The van der Waals surface area contributed by atoms with E-state index in [4.69, 9.17) is 0 Å². The standard InChI is InChI=1S/C74H48N2/c1-5-21-49(22-6-1)69-41-42-70(50-23-7-2-8-24-50)75(69)73-63-39-37-55(65-45-53-29-13-15-31-57(53)59-33-17-19-35-61(59)65)47-67(63)74(76-71(51-25-9-3-10-26-51)43-44-72(76)52-27-11-4-12-28-52)68-48-56(38-40-64(68)73)66-46-54-30-14-16-32-58(54)60-34-18-20-36-62(60)66/h1-48H. The maximum atomic E-state index is 2.57. The molecule has 2 aromatic heterocycles. The summed E-state index contributed by atoms with van der Waals surface area (Å²) in [7, 11) is 0. The molecule has 15 rings (SSSR count). The highest BCUT2D eigenvalue weighted by Crippen LogP contribution is 2.48. The van der Waals surface area contributed by atoms with Crippen molar-refractivity contribution in [2.24, 2.45) is 0 Å². The first-order valence-electron chi connectivity index (χ1n) is 26.2. The highest BCUT2D eigenvalue weighted by Gasteiger charge is 2.26. The molecule has 0 unspecified atom stereocenters. The van der Waals surface area contributed by atoms with E-state index in [1.54, 1.807) is 0 Å².